The molecule has 76 valence electrons. The van der Waals surface area contributed by atoms with Crippen molar-refractivity contribution in [1.29, 1.82) is 0 Å². The van der Waals surface area contributed by atoms with E-state index in [4.69, 9.17) is 23.7 Å². The van der Waals surface area contributed by atoms with E-state index < -0.39 is 0 Å². The van der Waals surface area contributed by atoms with Gasteiger partial charge in [0.1, 0.15) is 4.99 Å². The molecule has 2 rings (SSSR count). The first-order chi connectivity index (χ1) is 7.18. The zero-order valence-electron chi connectivity index (χ0n) is 7.94. The third-order valence-electron chi connectivity index (χ3n) is 2.04. The summed E-state index contributed by atoms with van der Waals surface area (Å²) in [5.41, 5.74) is 13.2. The Morgan fingerprint density at radius 3 is 2.40 bits per heavy atom. The second-order valence-electron chi connectivity index (χ2n) is 3.13. The van der Waals surface area contributed by atoms with Crippen molar-refractivity contribution in [2.75, 3.05) is 5.73 Å². The van der Waals surface area contributed by atoms with E-state index in [-0.39, 0.29) is 0 Å². The van der Waals surface area contributed by atoms with Crippen LogP contribution in [0.15, 0.2) is 36.4 Å². The van der Waals surface area contributed by atoms with Crippen LogP contribution in [0.25, 0.3) is 10.4 Å². The minimum Gasteiger partial charge on any atom is -0.397 e. The highest BCUT2D eigenvalue weighted by atomic mass is 32.1. The number of nitrogen functional groups attached to an aromatic ring is 1. The molecule has 1 aromatic heterocycles. The molecule has 0 aliphatic carbocycles. The van der Waals surface area contributed by atoms with E-state index in [1.807, 2.05) is 36.4 Å². The maximum absolute atomic E-state index is 5.82. The summed E-state index contributed by atoms with van der Waals surface area (Å²) in [5.74, 6) is 0. The van der Waals surface area contributed by atoms with Crippen LogP contribution in [0.3, 0.4) is 0 Å². The minimum atomic E-state index is 0.361. The molecule has 1 heterocycles. The van der Waals surface area contributed by atoms with E-state index in [9.17, 15) is 0 Å². The van der Waals surface area contributed by atoms with Gasteiger partial charge in [0.15, 0.2) is 0 Å². The Hall–Kier alpha value is -1.39. The molecule has 15 heavy (non-hydrogen) atoms. The van der Waals surface area contributed by atoms with Crippen molar-refractivity contribution < 1.29 is 0 Å². The number of anilines is 1. The molecule has 0 spiro atoms. The largest absolute Gasteiger partial charge is 0.397 e. The van der Waals surface area contributed by atoms with Gasteiger partial charge >= 0.3 is 0 Å². The van der Waals surface area contributed by atoms with E-state index in [0.717, 1.165) is 15.3 Å². The highest BCUT2D eigenvalue weighted by Crippen LogP contribution is 2.32. The zero-order chi connectivity index (χ0) is 10.8. The average Bonchev–Trinajstić information content (AvgIpc) is 2.62. The number of hydrogen-bond acceptors (Lipinski definition) is 3. The Morgan fingerprint density at radius 2 is 1.87 bits per heavy atom. The third kappa shape index (κ3) is 2.00. The molecule has 0 aliphatic heterocycles. The van der Waals surface area contributed by atoms with Gasteiger partial charge in [0.05, 0.1) is 10.6 Å². The summed E-state index contributed by atoms with van der Waals surface area (Å²) in [6.45, 7) is 0. The number of thiocarbonyl (C=S) groups is 1. The van der Waals surface area contributed by atoms with Gasteiger partial charge in [0, 0.05) is 4.88 Å². The fourth-order valence-corrected chi connectivity index (χ4v) is 2.52. The molecule has 4 heteroatoms. The summed E-state index contributed by atoms with van der Waals surface area (Å²) in [6, 6.07) is 11.9. The SMILES string of the molecule is NC(=S)c1sc(-c2ccccc2)cc1N. The van der Waals surface area contributed by atoms with Crippen LogP contribution in [0.1, 0.15) is 4.88 Å². The van der Waals surface area contributed by atoms with E-state index in [2.05, 4.69) is 0 Å². The first-order valence-corrected chi connectivity index (χ1v) is 5.65. The van der Waals surface area contributed by atoms with Crippen LogP contribution >= 0.6 is 23.6 Å². The van der Waals surface area contributed by atoms with Gasteiger partial charge in [0.2, 0.25) is 0 Å². The van der Waals surface area contributed by atoms with Gasteiger partial charge < -0.3 is 11.5 Å². The van der Waals surface area contributed by atoms with Crippen LogP contribution in [0.5, 0.6) is 0 Å². The van der Waals surface area contributed by atoms with E-state index in [0.29, 0.717) is 10.7 Å². The second kappa shape index (κ2) is 4.00. The summed E-state index contributed by atoms with van der Waals surface area (Å²) in [7, 11) is 0. The molecule has 0 bridgehead atoms. The minimum absolute atomic E-state index is 0.361. The second-order valence-corrected chi connectivity index (χ2v) is 4.62. The van der Waals surface area contributed by atoms with Gasteiger partial charge in [0.25, 0.3) is 0 Å². The van der Waals surface area contributed by atoms with Crippen molar-refractivity contribution in [3.8, 4) is 10.4 Å². The van der Waals surface area contributed by atoms with Crippen LogP contribution in [0, 0.1) is 0 Å². The molecule has 0 unspecified atom stereocenters. The molecular weight excluding hydrogens is 224 g/mol. The molecular formula is C11H10N2S2. The van der Waals surface area contributed by atoms with Crippen molar-refractivity contribution in [2.24, 2.45) is 5.73 Å². The summed E-state index contributed by atoms with van der Waals surface area (Å²) >= 11 is 6.45. The van der Waals surface area contributed by atoms with Crippen molar-refractivity contribution in [1.82, 2.24) is 0 Å². The number of rotatable bonds is 2. The maximum Gasteiger partial charge on any atom is 0.116 e. The molecule has 0 aliphatic rings. The molecule has 0 saturated carbocycles. The van der Waals surface area contributed by atoms with E-state index >= 15 is 0 Å². The first kappa shape index (κ1) is 10.1. The topological polar surface area (TPSA) is 52.0 Å². The average molecular weight is 234 g/mol. The molecule has 2 aromatic rings. The Labute approximate surface area is 97.5 Å². The Bertz CT molecular complexity index is 489. The van der Waals surface area contributed by atoms with E-state index in [1.54, 1.807) is 0 Å². The van der Waals surface area contributed by atoms with Gasteiger partial charge in [-0.15, -0.1) is 11.3 Å². The first-order valence-electron chi connectivity index (χ1n) is 4.43. The number of hydrogen-bond donors (Lipinski definition) is 2. The standard InChI is InChI=1S/C11H10N2S2/c12-8-6-9(15-10(8)11(13)14)7-4-2-1-3-5-7/h1-6H,12H2,(H2,13,14). The highest BCUT2D eigenvalue weighted by Gasteiger charge is 2.09. The van der Waals surface area contributed by atoms with Gasteiger partial charge in [-0.2, -0.15) is 0 Å². The monoisotopic (exact) mass is 234 g/mol. The Kier molecular flexibility index (Phi) is 2.70. The summed E-state index contributed by atoms with van der Waals surface area (Å²) in [6.07, 6.45) is 0. The van der Waals surface area contributed by atoms with Crippen molar-refractivity contribution in [3.63, 3.8) is 0 Å². The van der Waals surface area contributed by atoms with Crippen LogP contribution in [-0.4, -0.2) is 4.99 Å². The van der Waals surface area contributed by atoms with Gasteiger partial charge in [-0.05, 0) is 11.6 Å². The smallest absolute Gasteiger partial charge is 0.116 e. The molecule has 2 nitrogen and oxygen atoms in total. The Morgan fingerprint density at radius 1 is 1.20 bits per heavy atom. The summed E-state index contributed by atoms with van der Waals surface area (Å²) < 4.78 is 0. The normalized spacial score (nSPS) is 10.1. The Balaban J connectivity index is 2.48. The van der Waals surface area contributed by atoms with E-state index in [1.165, 1.54) is 11.3 Å². The molecule has 4 N–H and O–H groups in total. The lowest BCUT2D eigenvalue weighted by Crippen LogP contribution is -2.08. The van der Waals surface area contributed by atoms with Crippen LogP contribution in [-0.2, 0) is 0 Å². The highest BCUT2D eigenvalue weighted by molar-refractivity contribution is 7.81. The van der Waals surface area contributed by atoms with Crippen molar-refractivity contribution in [3.05, 3.63) is 41.3 Å². The van der Waals surface area contributed by atoms with Gasteiger partial charge in [-0.25, -0.2) is 0 Å². The van der Waals surface area contributed by atoms with Crippen molar-refractivity contribution >= 4 is 34.2 Å². The predicted molar refractivity (Wildman–Crippen MR) is 70.1 cm³/mol. The van der Waals surface area contributed by atoms with Crippen molar-refractivity contribution in [2.45, 2.75) is 0 Å². The maximum atomic E-state index is 5.82. The lowest BCUT2D eigenvalue weighted by molar-refractivity contribution is 1.69. The number of thiophene rings is 1. The lowest BCUT2D eigenvalue weighted by atomic mass is 10.2. The van der Waals surface area contributed by atoms with Crippen LogP contribution in [0.2, 0.25) is 0 Å². The third-order valence-corrected chi connectivity index (χ3v) is 3.61. The fourth-order valence-electron chi connectivity index (χ4n) is 1.34. The predicted octanol–water partition coefficient (Wildman–Crippen LogP) is 2.63. The fraction of sp³-hybridized carbons (Fsp3) is 0. The van der Waals surface area contributed by atoms with Gasteiger partial charge in [-0.1, -0.05) is 42.5 Å². The van der Waals surface area contributed by atoms with Gasteiger partial charge in [-0.3, -0.25) is 0 Å². The zero-order valence-corrected chi connectivity index (χ0v) is 9.57. The molecule has 0 saturated heterocycles. The molecule has 0 amide bonds. The van der Waals surface area contributed by atoms with Crippen LogP contribution < -0.4 is 11.5 Å². The summed E-state index contributed by atoms with van der Waals surface area (Å²) in [5, 5.41) is 0. The molecule has 1 aromatic carbocycles. The molecule has 0 atom stereocenters. The lowest BCUT2D eigenvalue weighted by Gasteiger charge is -1.94. The quantitative estimate of drug-likeness (QED) is 0.785. The molecule has 0 radical (unpaired) electrons. The number of nitrogens with two attached hydrogens (primary N) is 2. The summed E-state index contributed by atoms with van der Waals surface area (Å²) in [4.78, 5) is 2.25. The molecule has 0 fully saturated rings. The van der Waals surface area contributed by atoms with Crippen LogP contribution in [0.4, 0.5) is 5.69 Å². The number of benzene rings is 1.